The Morgan fingerprint density at radius 1 is 1.55 bits per heavy atom. The van der Waals surface area contributed by atoms with Gasteiger partial charge in [0, 0.05) is 13.1 Å². The largest absolute Gasteiger partial charge is 0.355 e. The summed E-state index contributed by atoms with van der Waals surface area (Å²) in [6, 6.07) is 0. The summed E-state index contributed by atoms with van der Waals surface area (Å²) in [7, 11) is 0. The molecular weight excluding hydrogens is 142 g/mol. The van der Waals surface area contributed by atoms with E-state index < -0.39 is 0 Å². The normalized spacial score (nSPS) is 25.9. The molecule has 4 heteroatoms. The fraction of sp³-hybridized carbons (Fsp3) is 0.857. The zero-order chi connectivity index (χ0) is 8.10. The number of carbonyl (C=O) groups is 1. The molecule has 1 aliphatic rings. The number of carbonyl (C=O) groups excluding carboxylic acids is 1. The molecule has 1 saturated heterocycles. The number of hydrogen-bond acceptors (Lipinski definition) is 3. The van der Waals surface area contributed by atoms with E-state index in [-0.39, 0.29) is 5.91 Å². The van der Waals surface area contributed by atoms with E-state index in [1.807, 2.05) is 0 Å². The van der Waals surface area contributed by atoms with Crippen LogP contribution in [0.3, 0.4) is 0 Å². The van der Waals surface area contributed by atoms with Gasteiger partial charge in [-0.1, -0.05) is 0 Å². The van der Waals surface area contributed by atoms with E-state index in [0.29, 0.717) is 19.0 Å². The van der Waals surface area contributed by atoms with Crippen molar-refractivity contribution in [1.29, 1.82) is 0 Å². The lowest BCUT2D eigenvalue weighted by Crippen LogP contribution is -2.29. The van der Waals surface area contributed by atoms with Gasteiger partial charge in [-0.15, -0.1) is 0 Å². The van der Waals surface area contributed by atoms with Crippen molar-refractivity contribution in [3.63, 3.8) is 0 Å². The van der Waals surface area contributed by atoms with Gasteiger partial charge in [0.2, 0.25) is 5.91 Å². The SMILES string of the molecule is NCCC1CNCC(=O)NC1. The summed E-state index contributed by atoms with van der Waals surface area (Å²) < 4.78 is 0. The number of nitrogens with one attached hydrogen (secondary N) is 2. The Balaban J connectivity index is 2.28. The average Bonchev–Trinajstić information content (AvgIpc) is 2.17. The summed E-state index contributed by atoms with van der Waals surface area (Å²) >= 11 is 0. The fourth-order valence-electron chi connectivity index (χ4n) is 1.22. The molecular formula is C7H15N3O. The number of nitrogens with two attached hydrogens (primary N) is 1. The Hall–Kier alpha value is -0.610. The molecule has 1 heterocycles. The molecule has 0 aromatic rings. The van der Waals surface area contributed by atoms with Gasteiger partial charge in [-0.3, -0.25) is 4.79 Å². The van der Waals surface area contributed by atoms with Crippen molar-refractivity contribution in [2.75, 3.05) is 26.2 Å². The zero-order valence-electron chi connectivity index (χ0n) is 6.60. The van der Waals surface area contributed by atoms with E-state index >= 15 is 0 Å². The van der Waals surface area contributed by atoms with Crippen molar-refractivity contribution in [2.45, 2.75) is 6.42 Å². The molecule has 11 heavy (non-hydrogen) atoms. The van der Waals surface area contributed by atoms with Gasteiger partial charge in [0.05, 0.1) is 6.54 Å². The van der Waals surface area contributed by atoms with E-state index in [9.17, 15) is 4.79 Å². The van der Waals surface area contributed by atoms with Crippen LogP contribution < -0.4 is 16.4 Å². The van der Waals surface area contributed by atoms with Gasteiger partial charge in [0.15, 0.2) is 0 Å². The molecule has 0 aromatic heterocycles. The van der Waals surface area contributed by atoms with E-state index in [2.05, 4.69) is 10.6 Å². The van der Waals surface area contributed by atoms with E-state index in [4.69, 9.17) is 5.73 Å². The molecule has 64 valence electrons. The molecule has 1 atom stereocenters. The molecule has 1 unspecified atom stereocenters. The zero-order valence-corrected chi connectivity index (χ0v) is 6.60. The van der Waals surface area contributed by atoms with Crippen LogP contribution in [0.5, 0.6) is 0 Å². The van der Waals surface area contributed by atoms with Gasteiger partial charge in [-0.2, -0.15) is 0 Å². The molecule has 1 amide bonds. The third kappa shape index (κ3) is 2.86. The first kappa shape index (κ1) is 8.49. The molecule has 0 aliphatic carbocycles. The Bertz CT molecular complexity index is 138. The minimum atomic E-state index is 0.0875. The Kier molecular flexibility index (Phi) is 3.32. The van der Waals surface area contributed by atoms with Gasteiger partial charge in [-0.05, 0) is 18.9 Å². The van der Waals surface area contributed by atoms with E-state index in [0.717, 1.165) is 19.5 Å². The summed E-state index contributed by atoms with van der Waals surface area (Å²) in [5, 5.41) is 5.89. The first-order valence-corrected chi connectivity index (χ1v) is 4.00. The van der Waals surface area contributed by atoms with E-state index in [1.54, 1.807) is 0 Å². The first-order valence-electron chi connectivity index (χ1n) is 4.00. The summed E-state index contributed by atoms with van der Waals surface area (Å²) in [4.78, 5) is 10.8. The highest BCUT2D eigenvalue weighted by Crippen LogP contribution is 1.99. The number of hydrogen-bond donors (Lipinski definition) is 3. The van der Waals surface area contributed by atoms with Crippen LogP contribution in [0.25, 0.3) is 0 Å². The second-order valence-corrected chi connectivity index (χ2v) is 2.88. The maximum Gasteiger partial charge on any atom is 0.233 e. The lowest BCUT2D eigenvalue weighted by molar-refractivity contribution is -0.119. The maximum atomic E-state index is 10.8. The van der Waals surface area contributed by atoms with Gasteiger partial charge >= 0.3 is 0 Å². The minimum Gasteiger partial charge on any atom is -0.355 e. The minimum absolute atomic E-state index is 0.0875. The molecule has 0 bridgehead atoms. The second kappa shape index (κ2) is 4.31. The summed E-state index contributed by atoms with van der Waals surface area (Å²) in [5.74, 6) is 0.593. The van der Waals surface area contributed by atoms with Gasteiger partial charge in [-0.25, -0.2) is 0 Å². The van der Waals surface area contributed by atoms with Crippen LogP contribution >= 0.6 is 0 Å². The predicted octanol–water partition coefficient (Wildman–Crippen LogP) is -1.33. The van der Waals surface area contributed by atoms with Crippen molar-refractivity contribution in [1.82, 2.24) is 10.6 Å². The monoisotopic (exact) mass is 157 g/mol. The summed E-state index contributed by atoms with van der Waals surface area (Å²) in [6.07, 6.45) is 0.979. The lowest BCUT2D eigenvalue weighted by Gasteiger charge is -2.11. The van der Waals surface area contributed by atoms with Crippen LogP contribution in [0.1, 0.15) is 6.42 Å². The topological polar surface area (TPSA) is 67.1 Å². The van der Waals surface area contributed by atoms with Gasteiger partial charge < -0.3 is 16.4 Å². The van der Waals surface area contributed by atoms with Crippen LogP contribution in [0, 0.1) is 5.92 Å². The van der Waals surface area contributed by atoms with Crippen LogP contribution in [-0.2, 0) is 4.79 Å². The third-order valence-corrected chi connectivity index (χ3v) is 1.88. The quantitative estimate of drug-likeness (QED) is 0.465. The van der Waals surface area contributed by atoms with Crippen molar-refractivity contribution in [3.05, 3.63) is 0 Å². The molecule has 4 N–H and O–H groups in total. The Labute approximate surface area is 66.5 Å². The standard InChI is InChI=1S/C7H15N3O/c8-2-1-6-3-9-5-7(11)10-4-6/h6,9H,1-5,8H2,(H,10,11). The van der Waals surface area contributed by atoms with Crippen molar-refractivity contribution >= 4 is 5.91 Å². The molecule has 4 nitrogen and oxygen atoms in total. The van der Waals surface area contributed by atoms with Crippen molar-refractivity contribution < 1.29 is 4.79 Å². The van der Waals surface area contributed by atoms with Crippen LogP contribution in [0.15, 0.2) is 0 Å². The molecule has 1 aliphatic heterocycles. The highest BCUT2D eigenvalue weighted by atomic mass is 16.1. The van der Waals surface area contributed by atoms with Crippen molar-refractivity contribution in [3.8, 4) is 0 Å². The van der Waals surface area contributed by atoms with Crippen LogP contribution in [0.2, 0.25) is 0 Å². The third-order valence-electron chi connectivity index (χ3n) is 1.88. The Morgan fingerprint density at radius 2 is 2.36 bits per heavy atom. The summed E-state index contributed by atoms with van der Waals surface area (Å²) in [5.41, 5.74) is 5.40. The molecule has 1 rings (SSSR count). The smallest absolute Gasteiger partial charge is 0.233 e. The highest BCUT2D eigenvalue weighted by molar-refractivity contribution is 5.78. The predicted molar refractivity (Wildman–Crippen MR) is 43.0 cm³/mol. The first-order chi connectivity index (χ1) is 5.33. The molecule has 0 saturated carbocycles. The molecule has 1 fully saturated rings. The Morgan fingerprint density at radius 3 is 3.09 bits per heavy atom. The van der Waals surface area contributed by atoms with Crippen molar-refractivity contribution in [2.24, 2.45) is 11.7 Å². The van der Waals surface area contributed by atoms with Gasteiger partial charge in [0.25, 0.3) is 0 Å². The number of amides is 1. The van der Waals surface area contributed by atoms with Crippen LogP contribution in [-0.4, -0.2) is 32.1 Å². The van der Waals surface area contributed by atoms with Crippen LogP contribution in [0.4, 0.5) is 0 Å². The average molecular weight is 157 g/mol. The fourth-order valence-corrected chi connectivity index (χ4v) is 1.22. The molecule has 0 radical (unpaired) electrons. The lowest BCUT2D eigenvalue weighted by atomic mass is 10.1. The second-order valence-electron chi connectivity index (χ2n) is 2.88. The maximum absolute atomic E-state index is 10.8. The summed E-state index contributed by atoms with van der Waals surface area (Å²) in [6.45, 7) is 2.81. The van der Waals surface area contributed by atoms with E-state index in [1.165, 1.54) is 0 Å². The van der Waals surface area contributed by atoms with Gasteiger partial charge in [0.1, 0.15) is 0 Å². The number of rotatable bonds is 2. The highest BCUT2D eigenvalue weighted by Gasteiger charge is 2.13. The molecule has 0 spiro atoms. The molecule has 0 aromatic carbocycles.